The molecule has 178 valence electrons. The average molecular weight is 473 g/mol. The highest BCUT2D eigenvalue weighted by Crippen LogP contribution is 2.20. The van der Waals surface area contributed by atoms with Gasteiger partial charge in [-0.3, -0.25) is 9.59 Å². The summed E-state index contributed by atoms with van der Waals surface area (Å²) in [5, 5.41) is 3.90. The van der Waals surface area contributed by atoms with Gasteiger partial charge in [0.05, 0.1) is 0 Å². The number of hydrogen-bond donors (Lipinski definition) is 2. The number of aromatic amines is 1. The molecule has 3 heterocycles. The van der Waals surface area contributed by atoms with Crippen molar-refractivity contribution in [3.63, 3.8) is 0 Å². The number of fused-ring (bicyclic) bond motifs is 1. The molecule has 1 atom stereocenters. The van der Waals surface area contributed by atoms with Crippen LogP contribution in [-0.2, 0) is 11.2 Å². The number of piperazine rings is 1. The van der Waals surface area contributed by atoms with Crippen molar-refractivity contribution in [3.8, 4) is 0 Å². The van der Waals surface area contributed by atoms with Gasteiger partial charge in [0.15, 0.2) is 0 Å². The van der Waals surface area contributed by atoms with E-state index in [1.165, 1.54) is 24.3 Å². The lowest BCUT2D eigenvalue weighted by molar-refractivity contribution is -0.133. The van der Waals surface area contributed by atoms with Gasteiger partial charge >= 0.3 is 0 Å². The lowest BCUT2D eigenvalue weighted by Gasteiger charge is -2.36. The fourth-order valence-corrected chi connectivity index (χ4v) is 4.37. The summed E-state index contributed by atoms with van der Waals surface area (Å²) < 4.78 is 13.3. The average Bonchev–Trinajstić information content (AvgIpc) is 3.31. The van der Waals surface area contributed by atoms with E-state index in [-0.39, 0.29) is 5.91 Å². The molecule has 2 N–H and O–H groups in total. The molecule has 1 saturated heterocycles. The zero-order chi connectivity index (χ0) is 24.2. The van der Waals surface area contributed by atoms with Crippen molar-refractivity contribution in [2.45, 2.75) is 12.5 Å². The van der Waals surface area contributed by atoms with E-state index in [9.17, 15) is 14.0 Å². The first-order valence-electron chi connectivity index (χ1n) is 11.5. The highest BCUT2D eigenvalue weighted by Gasteiger charge is 2.30. The number of aromatic nitrogens is 3. The number of rotatable bonds is 6. The topological polar surface area (TPSA) is 94.2 Å². The Labute approximate surface area is 201 Å². The zero-order valence-corrected chi connectivity index (χ0v) is 19.0. The lowest BCUT2D eigenvalue weighted by atomic mass is 10.0. The van der Waals surface area contributed by atoms with Gasteiger partial charge in [-0.15, -0.1) is 0 Å². The van der Waals surface area contributed by atoms with Crippen LogP contribution in [0.5, 0.6) is 0 Å². The summed E-state index contributed by atoms with van der Waals surface area (Å²) in [7, 11) is 0. The van der Waals surface area contributed by atoms with Crippen LogP contribution in [0.15, 0.2) is 73.2 Å². The molecule has 5 rings (SSSR count). The van der Waals surface area contributed by atoms with E-state index in [2.05, 4.69) is 20.3 Å². The van der Waals surface area contributed by atoms with Gasteiger partial charge in [0, 0.05) is 67.7 Å². The van der Waals surface area contributed by atoms with Crippen molar-refractivity contribution in [1.29, 1.82) is 0 Å². The second kappa shape index (κ2) is 9.92. The van der Waals surface area contributed by atoms with Crippen LogP contribution in [0.1, 0.15) is 15.9 Å². The van der Waals surface area contributed by atoms with Crippen molar-refractivity contribution in [1.82, 2.24) is 25.2 Å². The molecule has 0 spiro atoms. The second-order valence-electron chi connectivity index (χ2n) is 8.46. The molecule has 1 fully saturated rings. The largest absolute Gasteiger partial charge is 0.361 e. The number of amides is 2. The fraction of sp³-hybridized carbons (Fsp3) is 0.231. The molecule has 2 amide bonds. The first-order valence-corrected chi connectivity index (χ1v) is 11.5. The highest BCUT2D eigenvalue weighted by molar-refractivity contribution is 5.98. The molecule has 2 aromatic carbocycles. The summed E-state index contributed by atoms with van der Waals surface area (Å²) in [5.74, 6) is -0.355. The maximum atomic E-state index is 13.6. The summed E-state index contributed by atoms with van der Waals surface area (Å²) in [6.45, 7) is 2.19. The molecule has 8 nitrogen and oxygen atoms in total. The molecule has 0 radical (unpaired) electrons. The second-order valence-corrected chi connectivity index (χ2v) is 8.46. The number of para-hydroxylation sites is 1. The number of H-pyrrole nitrogens is 1. The van der Waals surface area contributed by atoms with Crippen LogP contribution in [0.3, 0.4) is 0 Å². The van der Waals surface area contributed by atoms with Crippen LogP contribution in [0.4, 0.5) is 10.3 Å². The molecule has 1 aliphatic heterocycles. The van der Waals surface area contributed by atoms with E-state index in [0.29, 0.717) is 44.1 Å². The van der Waals surface area contributed by atoms with Gasteiger partial charge in [0.2, 0.25) is 11.9 Å². The number of benzene rings is 2. The number of nitrogens with one attached hydrogen (secondary N) is 2. The van der Waals surface area contributed by atoms with Gasteiger partial charge in [0.25, 0.3) is 5.91 Å². The Morgan fingerprint density at radius 2 is 1.69 bits per heavy atom. The molecule has 0 saturated carbocycles. The Morgan fingerprint density at radius 1 is 0.971 bits per heavy atom. The van der Waals surface area contributed by atoms with Crippen LogP contribution in [0, 0.1) is 5.82 Å². The van der Waals surface area contributed by atoms with Gasteiger partial charge < -0.3 is 20.1 Å². The number of nitrogens with zero attached hydrogens (tertiary/aromatic N) is 4. The first-order chi connectivity index (χ1) is 17.1. The molecule has 4 aromatic rings. The maximum Gasteiger partial charge on any atom is 0.251 e. The Kier molecular flexibility index (Phi) is 6.38. The molecule has 1 aliphatic rings. The van der Waals surface area contributed by atoms with E-state index >= 15 is 0 Å². The van der Waals surface area contributed by atoms with Gasteiger partial charge in [0.1, 0.15) is 11.9 Å². The van der Waals surface area contributed by atoms with E-state index in [1.54, 1.807) is 23.4 Å². The van der Waals surface area contributed by atoms with Crippen molar-refractivity contribution in [2.75, 3.05) is 31.1 Å². The summed E-state index contributed by atoms with van der Waals surface area (Å²) in [6.07, 6.45) is 5.60. The minimum atomic E-state index is -0.772. The van der Waals surface area contributed by atoms with E-state index in [1.807, 2.05) is 35.4 Å². The third-order valence-electron chi connectivity index (χ3n) is 6.24. The predicted molar refractivity (Wildman–Crippen MR) is 130 cm³/mol. The van der Waals surface area contributed by atoms with Crippen LogP contribution in [-0.4, -0.2) is 63.9 Å². The number of anilines is 1. The van der Waals surface area contributed by atoms with Crippen molar-refractivity contribution in [2.24, 2.45) is 0 Å². The minimum absolute atomic E-state index is 0.153. The summed E-state index contributed by atoms with van der Waals surface area (Å²) in [5.41, 5.74) is 2.21. The number of carbonyl (C=O) groups excluding carboxylic acids is 2. The zero-order valence-electron chi connectivity index (χ0n) is 19.0. The Hall–Kier alpha value is -4.27. The molecule has 0 aliphatic carbocycles. The van der Waals surface area contributed by atoms with Crippen LogP contribution < -0.4 is 10.2 Å². The third kappa shape index (κ3) is 4.98. The smallest absolute Gasteiger partial charge is 0.251 e. The van der Waals surface area contributed by atoms with Crippen molar-refractivity contribution in [3.05, 3.63) is 90.1 Å². The van der Waals surface area contributed by atoms with Crippen LogP contribution >= 0.6 is 0 Å². The standard InChI is InChI=1S/C26H25FN6O2/c27-20-8-6-18(7-9-20)24(34)31-23(16-19-17-30-22-5-2-1-4-21(19)22)25(35)32-12-14-33(15-13-32)26-28-10-3-11-29-26/h1-11,17,23,30H,12-16H2,(H,31,34)/t23-/m1/s1. The third-order valence-corrected chi connectivity index (χ3v) is 6.24. The SMILES string of the molecule is O=C(N[C@H](Cc1c[nH]c2ccccc12)C(=O)N1CCN(c2ncccn2)CC1)c1ccc(F)cc1. The minimum Gasteiger partial charge on any atom is -0.361 e. The fourth-order valence-electron chi connectivity index (χ4n) is 4.37. The van der Waals surface area contributed by atoms with E-state index < -0.39 is 17.8 Å². The molecular weight excluding hydrogens is 447 g/mol. The normalized spacial score (nSPS) is 14.7. The van der Waals surface area contributed by atoms with Crippen LogP contribution in [0.25, 0.3) is 10.9 Å². The molecule has 0 bridgehead atoms. The maximum absolute atomic E-state index is 13.6. The number of carbonyl (C=O) groups is 2. The monoisotopic (exact) mass is 472 g/mol. The number of halogens is 1. The van der Waals surface area contributed by atoms with Crippen LogP contribution in [0.2, 0.25) is 0 Å². The highest BCUT2D eigenvalue weighted by atomic mass is 19.1. The Bertz CT molecular complexity index is 1320. The lowest BCUT2D eigenvalue weighted by Crippen LogP contribution is -2.55. The predicted octanol–water partition coefficient (Wildman–Crippen LogP) is 2.79. The Balaban J connectivity index is 1.34. The molecular formula is C26H25FN6O2. The van der Waals surface area contributed by atoms with Crippen molar-refractivity contribution >= 4 is 28.7 Å². The first kappa shape index (κ1) is 22.5. The summed E-state index contributed by atoms with van der Waals surface area (Å²) >= 11 is 0. The summed E-state index contributed by atoms with van der Waals surface area (Å²) in [4.78, 5) is 42.2. The molecule has 2 aromatic heterocycles. The molecule has 35 heavy (non-hydrogen) atoms. The molecule has 9 heteroatoms. The molecule has 0 unspecified atom stereocenters. The van der Waals surface area contributed by atoms with Gasteiger partial charge in [-0.1, -0.05) is 18.2 Å². The summed E-state index contributed by atoms with van der Waals surface area (Å²) in [6, 6.07) is 14.1. The van der Waals surface area contributed by atoms with Gasteiger partial charge in [-0.25, -0.2) is 14.4 Å². The van der Waals surface area contributed by atoms with Crippen molar-refractivity contribution < 1.29 is 14.0 Å². The quantitative estimate of drug-likeness (QED) is 0.450. The van der Waals surface area contributed by atoms with E-state index in [0.717, 1.165) is 16.5 Å². The van der Waals surface area contributed by atoms with Gasteiger partial charge in [-0.2, -0.15) is 0 Å². The Morgan fingerprint density at radius 3 is 2.43 bits per heavy atom. The number of hydrogen-bond acceptors (Lipinski definition) is 5. The van der Waals surface area contributed by atoms with E-state index in [4.69, 9.17) is 0 Å². The van der Waals surface area contributed by atoms with Gasteiger partial charge in [-0.05, 0) is 42.0 Å².